The van der Waals surface area contributed by atoms with Gasteiger partial charge >= 0.3 is 6.18 Å². The van der Waals surface area contributed by atoms with E-state index in [0.717, 1.165) is 0 Å². The van der Waals surface area contributed by atoms with Gasteiger partial charge in [0.25, 0.3) is 0 Å². The second-order valence-corrected chi connectivity index (χ2v) is 5.24. The number of allylic oxidation sites excluding steroid dienone is 2. The first-order valence-corrected chi connectivity index (χ1v) is 5.97. The van der Waals surface area contributed by atoms with Crippen molar-refractivity contribution in [2.45, 2.75) is 47.2 Å². The highest BCUT2D eigenvalue weighted by molar-refractivity contribution is 5.95. The van der Waals surface area contributed by atoms with Crippen LogP contribution in [0.1, 0.15) is 41.0 Å². The fourth-order valence-corrected chi connectivity index (χ4v) is 2.11. The average Bonchev–Trinajstić information content (AvgIpc) is 2.12. The van der Waals surface area contributed by atoms with E-state index >= 15 is 0 Å². The second-order valence-electron chi connectivity index (χ2n) is 5.24. The van der Waals surface area contributed by atoms with Crippen LogP contribution < -0.4 is 0 Å². The molecular formula is C13H21F3O2. The summed E-state index contributed by atoms with van der Waals surface area (Å²) in [5, 5.41) is 9.98. The highest BCUT2D eigenvalue weighted by Gasteiger charge is 2.33. The minimum atomic E-state index is -4.54. The highest BCUT2D eigenvalue weighted by Crippen LogP contribution is 2.30. The standard InChI is InChI=1S/C13H21F3O2/c1-7(2)11(8(3)4)12(18)9(5)10(17)6-13(14,15)16/h7-8,11,18H,6H2,1-5H3/b12-9-. The van der Waals surface area contributed by atoms with Crippen molar-refractivity contribution in [2.24, 2.45) is 17.8 Å². The van der Waals surface area contributed by atoms with Crippen LogP contribution in [0.4, 0.5) is 13.2 Å². The number of rotatable bonds is 5. The monoisotopic (exact) mass is 266 g/mol. The summed E-state index contributed by atoms with van der Waals surface area (Å²) in [5.74, 6) is -1.47. The smallest absolute Gasteiger partial charge is 0.396 e. The number of hydrogen-bond acceptors (Lipinski definition) is 2. The van der Waals surface area contributed by atoms with Gasteiger partial charge in [0.15, 0.2) is 5.78 Å². The van der Waals surface area contributed by atoms with E-state index in [4.69, 9.17) is 0 Å². The molecule has 2 nitrogen and oxygen atoms in total. The molecule has 1 N–H and O–H groups in total. The van der Waals surface area contributed by atoms with Crippen LogP contribution in [0.5, 0.6) is 0 Å². The van der Waals surface area contributed by atoms with Crippen molar-refractivity contribution in [1.29, 1.82) is 0 Å². The molecule has 0 unspecified atom stereocenters. The largest absolute Gasteiger partial charge is 0.512 e. The summed E-state index contributed by atoms with van der Waals surface area (Å²) < 4.78 is 36.4. The zero-order valence-corrected chi connectivity index (χ0v) is 11.4. The first-order chi connectivity index (χ1) is 7.97. The number of Topliss-reactive ketones (excluding diaryl/α,β-unsaturated/α-hetero) is 1. The van der Waals surface area contributed by atoms with Crippen LogP contribution in [-0.2, 0) is 4.79 Å². The Hall–Kier alpha value is -1.00. The normalized spacial score (nSPS) is 14.4. The Morgan fingerprint density at radius 3 is 1.78 bits per heavy atom. The van der Waals surface area contributed by atoms with Crippen molar-refractivity contribution in [3.8, 4) is 0 Å². The van der Waals surface area contributed by atoms with E-state index in [9.17, 15) is 23.1 Å². The first-order valence-electron chi connectivity index (χ1n) is 5.97. The molecule has 0 heterocycles. The van der Waals surface area contributed by atoms with Gasteiger partial charge < -0.3 is 5.11 Å². The quantitative estimate of drug-likeness (QED) is 0.596. The molecule has 0 aliphatic carbocycles. The lowest BCUT2D eigenvalue weighted by molar-refractivity contribution is -0.149. The summed E-state index contributed by atoms with van der Waals surface area (Å²) in [6.45, 7) is 8.71. The number of aliphatic hydroxyl groups excluding tert-OH is 1. The number of hydrogen-bond donors (Lipinski definition) is 1. The molecule has 0 aromatic carbocycles. The van der Waals surface area contributed by atoms with Gasteiger partial charge in [-0.25, -0.2) is 0 Å². The highest BCUT2D eigenvalue weighted by atomic mass is 19.4. The zero-order chi connectivity index (χ0) is 14.7. The molecule has 0 spiro atoms. The lowest BCUT2D eigenvalue weighted by atomic mass is 9.82. The summed E-state index contributed by atoms with van der Waals surface area (Å²) in [6, 6.07) is 0. The fraction of sp³-hybridized carbons (Fsp3) is 0.769. The van der Waals surface area contributed by atoms with Crippen LogP contribution >= 0.6 is 0 Å². The van der Waals surface area contributed by atoms with Gasteiger partial charge in [-0.1, -0.05) is 27.7 Å². The van der Waals surface area contributed by atoms with Crippen LogP contribution in [0, 0.1) is 17.8 Å². The van der Waals surface area contributed by atoms with Crippen LogP contribution in [0.3, 0.4) is 0 Å². The molecule has 0 aliphatic heterocycles. The number of ketones is 1. The van der Waals surface area contributed by atoms with E-state index in [1.165, 1.54) is 6.92 Å². The van der Waals surface area contributed by atoms with Crippen molar-refractivity contribution >= 4 is 5.78 Å². The molecule has 0 aliphatic rings. The van der Waals surface area contributed by atoms with Gasteiger partial charge in [0.2, 0.25) is 0 Å². The average molecular weight is 266 g/mol. The Morgan fingerprint density at radius 1 is 1.11 bits per heavy atom. The summed E-state index contributed by atoms with van der Waals surface area (Å²) in [6.07, 6.45) is -6.06. The Bertz CT molecular complexity index is 320. The van der Waals surface area contributed by atoms with Gasteiger partial charge in [-0.15, -0.1) is 0 Å². The molecule has 18 heavy (non-hydrogen) atoms. The maximum atomic E-state index is 12.1. The van der Waals surface area contributed by atoms with E-state index in [2.05, 4.69) is 0 Å². The van der Waals surface area contributed by atoms with Crippen LogP contribution in [0.2, 0.25) is 0 Å². The van der Waals surface area contributed by atoms with Gasteiger partial charge in [0.1, 0.15) is 12.2 Å². The SMILES string of the molecule is C/C(C(=O)CC(F)(F)F)=C(/O)C(C(C)C)C(C)C. The summed E-state index contributed by atoms with van der Waals surface area (Å²) in [7, 11) is 0. The lowest BCUT2D eigenvalue weighted by Gasteiger charge is -2.25. The molecule has 0 saturated heterocycles. The van der Waals surface area contributed by atoms with Crippen LogP contribution in [0.15, 0.2) is 11.3 Å². The Balaban J connectivity index is 5.15. The van der Waals surface area contributed by atoms with E-state index in [-0.39, 0.29) is 29.1 Å². The van der Waals surface area contributed by atoms with E-state index < -0.39 is 18.4 Å². The Kier molecular flexibility index (Phi) is 5.90. The molecule has 0 saturated carbocycles. The number of alkyl halides is 3. The van der Waals surface area contributed by atoms with E-state index in [1.54, 1.807) is 0 Å². The summed E-state index contributed by atoms with van der Waals surface area (Å²) in [4.78, 5) is 11.4. The van der Waals surface area contributed by atoms with Crippen molar-refractivity contribution in [1.82, 2.24) is 0 Å². The number of halogens is 3. The van der Waals surface area contributed by atoms with Gasteiger partial charge in [-0.05, 0) is 18.8 Å². The maximum absolute atomic E-state index is 12.1. The maximum Gasteiger partial charge on any atom is 0.396 e. The predicted molar refractivity (Wildman–Crippen MR) is 64.2 cm³/mol. The molecule has 0 atom stereocenters. The third-order valence-electron chi connectivity index (χ3n) is 2.92. The lowest BCUT2D eigenvalue weighted by Crippen LogP contribution is -2.23. The molecule has 0 aromatic rings. The van der Waals surface area contributed by atoms with Crippen molar-refractivity contribution in [2.75, 3.05) is 0 Å². The summed E-state index contributed by atoms with van der Waals surface area (Å²) >= 11 is 0. The summed E-state index contributed by atoms with van der Waals surface area (Å²) in [5.41, 5.74) is -0.181. The first kappa shape index (κ1) is 17.0. The molecule has 0 fully saturated rings. The van der Waals surface area contributed by atoms with Crippen LogP contribution in [0.25, 0.3) is 0 Å². The fourth-order valence-electron chi connectivity index (χ4n) is 2.11. The minimum absolute atomic E-state index is 0.0543. The van der Waals surface area contributed by atoms with E-state index in [1.807, 2.05) is 27.7 Å². The number of aliphatic hydroxyl groups is 1. The number of carbonyl (C=O) groups excluding carboxylic acids is 1. The number of carbonyl (C=O) groups is 1. The Morgan fingerprint density at radius 2 is 1.50 bits per heavy atom. The second kappa shape index (κ2) is 6.25. The third kappa shape index (κ3) is 5.10. The molecule has 0 amide bonds. The van der Waals surface area contributed by atoms with Crippen molar-refractivity contribution < 1.29 is 23.1 Å². The molecule has 106 valence electrons. The van der Waals surface area contributed by atoms with Gasteiger partial charge in [-0.3, -0.25) is 4.79 Å². The van der Waals surface area contributed by atoms with Crippen molar-refractivity contribution in [3.63, 3.8) is 0 Å². The Labute approximate surface area is 106 Å². The molecular weight excluding hydrogens is 245 g/mol. The topological polar surface area (TPSA) is 37.3 Å². The third-order valence-corrected chi connectivity index (χ3v) is 2.92. The van der Waals surface area contributed by atoms with Gasteiger partial charge in [-0.2, -0.15) is 13.2 Å². The van der Waals surface area contributed by atoms with Crippen molar-refractivity contribution in [3.05, 3.63) is 11.3 Å². The molecule has 5 heteroatoms. The van der Waals surface area contributed by atoms with Crippen LogP contribution in [-0.4, -0.2) is 17.1 Å². The van der Waals surface area contributed by atoms with Gasteiger partial charge in [0, 0.05) is 11.5 Å². The zero-order valence-electron chi connectivity index (χ0n) is 11.4. The molecule has 0 aromatic heterocycles. The predicted octanol–water partition coefficient (Wildman–Crippen LogP) is 4.27. The van der Waals surface area contributed by atoms with Gasteiger partial charge in [0.05, 0.1) is 0 Å². The molecule has 0 bridgehead atoms. The minimum Gasteiger partial charge on any atom is -0.512 e. The van der Waals surface area contributed by atoms with E-state index in [0.29, 0.717) is 0 Å². The molecule has 0 radical (unpaired) electrons. The molecule has 0 rings (SSSR count).